The van der Waals surface area contributed by atoms with E-state index in [1.807, 2.05) is 59.5 Å². The Morgan fingerprint density at radius 3 is 2.41 bits per heavy atom. The summed E-state index contributed by atoms with van der Waals surface area (Å²) < 4.78 is 1.61. The van der Waals surface area contributed by atoms with E-state index in [1.54, 1.807) is 10.8 Å². The molecule has 5 nitrogen and oxygen atoms in total. The van der Waals surface area contributed by atoms with E-state index in [1.165, 1.54) is 6.42 Å². The Kier molecular flexibility index (Phi) is 4.92. The van der Waals surface area contributed by atoms with E-state index < -0.39 is 0 Å². The maximum absolute atomic E-state index is 12.5. The van der Waals surface area contributed by atoms with Crippen LogP contribution in [0.3, 0.4) is 0 Å². The second-order valence-electron chi connectivity index (χ2n) is 6.95. The zero-order valence-electron chi connectivity index (χ0n) is 15.2. The molecule has 0 aliphatic carbocycles. The largest absolute Gasteiger partial charge is 0.339 e. The number of nitrogens with one attached hydrogen (secondary N) is 1. The summed E-state index contributed by atoms with van der Waals surface area (Å²) in [4.78, 5) is 26.9. The standard InChI is InChI=1S/C22H23N3O2/c26-21(24-13-4-1-5-14-24)19-10-8-17(9-11-19)16-23-22(27)25-15-12-18-6-2-3-7-20(18)25/h2-3,6-12,15H,1,4-5,13-14,16H2,(H,23,27). The molecular formula is C22H23N3O2. The minimum absolute atomic E-state index is 0.101. The van der Waals surface area contributed by atoms with Crippen LogP contribution >= 0.6 is 0 Å². The van der Waals surface area contributed by atoms with Crippen LogP contribution in [0.2, 0.25) is 0 Å². The summed E-state index contributed by atoms with van der Waals surface area (Å²) >= 11 is 0. The molecular weight excluding hydrogens is 338 g/mol. The second kappa shape index (κ2) is 7.66. The van der Waals surface area contributed by atoms with Crippen molar-refractivity contribution in [3.8, 4) is 0 Å². The highest BCUT2D eigenvalue weighted by molar-refractivity contribution is 5.94. The molecule has 1 N–H and O–H groups in total. The zero-order chi connectivity index (χ0) is 18.6. The molecule has 1 aliphatic heterocycles. The van der Waals surface area contributed by atoms with Crippen LogP contribution in [0, 0.1) is 0 Å². The number of aromatic nitrogens is 1. The van der Waals surface area contributed by atoms with Crippen LogP contribution in [-0.2, 0) is 6.54 Å². The molecule has 4 rings (SSSR count). The first kappa shape index (κ1) is 17.3. The number of amides is 2. The van der Waals surface area contributed by atoms with E-state index in [0.29, 0.717) is 12.1 Å². The molecule has 2 amide bonds. The molecule has 0 atom stereocenters. The van der Waals surface area contributed by atoms with Gasteiger partial charge in [-0.2, -0.15) is 0 Å². The molecule has 2 aromatic carbocycles. The number of nitrogens with zero attached hydrogens (tertiary/aromatic N) is 2. The number of hydrogen-bond donors (Lipinski definition) is 1. The fourth-order valence-electron chi connectivity index (χ4n) is 3.57. The Morgan fingerprint density at radius 1 is 0.889 bits per heavy atom. The number of rotatable bonds is 3. The van der Waals surface area contributed by atoms with E-state index in [9.17, 15) is 9.59 Å². The predicted molar refractivity (Wildman–Crippen MR) is 106 cm³/mol. The van der Waals surface area contributed by atoms with Gasteiger partial charge in [0.05, 0.1) is 5.52 Å². The maximum Gasteiger partial charge on any atom is 0.326 e. The first-order valence-corrected chi connectivity index (χ1v) is 9.45. The Balaban J connectivity index is 1.38. The smallest absolute Gasteiger partial charge is 0.326 e. The third-order valence-electron chi connectivity index (χ3n) is 5.11. The van der Waals surface area contributed by atoms with Gasteiger partial charge in [-0.3, -0.25) is 9.36 Å². The summed E-state index contributed by atoms with van der Waals surface area (Å²) in [5.41, 5.74) is 2.57. The zero-order valence-corrected chi connectivity index (χ0v) is 15.2. The molecule has 3 aromatic rings. The summed E-state index contributed by atoms with van der Waals surface area (Å²) in [5.74, 6) is 0.101. The van der Waals surface area contributed by atoms with Crippen LogP contribution in [0.5, 0.6) is 0 Å². The Labute approximate surface area is 158 Å². The van der Waals surface area contributed by atoms with Crippen molar-refractivity contribution in [1.29, 1.82) is 0 Å². The van der Waals surface area contributed by atoms with Gasteiger partial charge in [0.25, 0.3) is 5.91 Å². The number of carbonyl (C=O) groups is 2. The molecule has 0 unspecified atom stereocenters. The molecule has 0 spiro atoms. The van der Waals surface area contributed by atoms with Crippen LogP contribution in [-0.4, -0.2) is 34.5 Å². The summed E-state index contributed by atoms with van der Waals surface area (Å²) in [6.07, 6.45) is 5.16. The van der Waals surface area contributed by atoms with E-state index in [0.717, 1.165) is 42.4 Å². The number of hydrogen-bond acceptors (Lipinski definition) is 2. The lowest BCUT2D eigenvalue weighted by molar-refractivity contribution is 0.0724. The summed E-state index contributed by atoms with van der Waals surface area (Å²) in [7, 11) is 0. The number of fused-ring (bicyclic) bond motifs is 1. The highest BCUT2D eigenvalue weighted by atomic mass is 16.2. The third-order valence-corrected chi connectivity index (χ3v) is 5.11. The van der Waals surface area contributed by atoms with Crippen LogP contribution in [0.15, 0.2) is 60.8 Å². The monoisotopic (exact) mass is 361 g/mol. The van der Waals surface area contributed by atoms with Crippen molar-refractivity contribution in [2.24, 2.45) is 0 Å². The van der Waals surface area contributed by atoms with E-state index in [2.05, 4.69) is 5.32 Å². The van der Waals surface area contributed by atoms with Gasteiger partial charge in [-0.15, -0.1) is 0 Å². The van der Waals surface area contributed by atoms with Gasteiger partial charge in [0.15, 0.2) is 0 Å². The van der Waals surface area contributed by atoms with Crippen molar-refractivity contribution in [2.45, 2.75) is 25.8 Å². The quantitative estimate of drug-likeness (QED) is 0.766. The lowest BCUT2D eigenvalue weighted by Gasteiger charge is -2.26. The molecule has 5 heteroatoms. The number of para-hydroxylation sites is 1. The molecule has 27 heavy (non-hydrogen) atoms. The Morgan fingerprint density at radius 2 is 1.63 bits per heavy atom. The molecule has 2 heterocycles. The summed E-state index contributed by atoms with van der Waals surface area (Å²) in [6.45, 7) is 2.12. The van der Waals surface area contributed by atoms with Crippen LogP contribution in [0.4, 0.5) is 4.79 Å². The minimum Gasteiger partial charge on any atom is -0.339 e. The number of carbonyl (C=O) groups excluding carboxylic acids is 2. The van der Waals surface area contributed by atoms with E-state index >= 15 is 0 Å². The normalized spacial score (nSPS) is 14.3. The van der Waals surface area contributed by atoms with Gasteiger partial charge in [0.2, 0.25) is 0 Å². The van der Waals surface area contributed by atoms with Crippen LogP contribution < -0.4 is 5.32 Å². The maximum atomic E-state index is 12.5. The lowest BCUT2D eigenvalue weighted by atomic mass is 10.1. The molecule has 0 saturated carbocycles. The van der Waals surface area contributed by atoms with Gasteiger partial charge < -0.3 is 10.2 Å². The topological polar surface area (TPSA) is 54.3 Å². The first-order valence-electron chi connectivity index (χ1n) is 9.45. The van der Waals surface area contributed by atoms with Gasteiger partial charge in [-0.25, -0.2) is 4.79 Å². The van der Waals surface area contributed by atoms with Crippen molar-refractivity contribution >= 4 is 22.8 Å². The Bertz CT molecular complexity index is 953. The van der Waals surface area contributed by atoms with E-state index in [4.69, 9.17) is 0 Å². The van der Waals surface area contributed by atoms with Crippen molar-refractivity contribution in [3.05, 3.63) is 71.9 Å². The average Bonchev–Trinajstić information content (AvgIpc) is 3.17. The van der Waals surface area contributed by atoms with Crippen molar-refractivity contribution in [2.75, 3.05) is 13.1 Å². The summed E-state index contributed by atoms with van der Waals surface area (Å²) in [5, 5.41) is 3.97. The molecule has 1 fully saturated rings. The molecule has 1 aromatic heterocycles. The fourth-order valence-corrected chi connectivity index (χ4v) is 3.57. The van der Waals surface area contributed by atoms with Crippen LogP contribution in [0.1, 0.15) is 35.2 Å². The number of benzene rings is 2. The highest BCUT2D eigenvalue weighted by Gasteiger charge is 2.17. The van der Waals surface area contributed by atoms with Crippen molar-refractivity contribution in [3.63, 3.8) is 0 Å². The highest BCUT2D eigenvalue weighted by Crippen LogP contribution is 2.16. The summed E-state index contributed by atoms with van der Waals surface area (Å²) in [6, 6.07) is 17.1. The SMILES string of the molecule is O=C(c1ccc(CNC(=O)n2ccc3ccccc32)cc1)N1CCCCC1. The van der Waals surface area contributed by atoms with Gasteiger partial charge in [-0.05, 0) is 49.1 Å². The van der Waals surface area contributed by atoms with Crippen LogP contribution in [0.25, 0.3) is 10.9 Å². The van der Waals surface area contributed by atoms with Crippen molar-refractivity contribution in [1.82, 2.24) is 14.8 Å². The predicted octanol–water partition coefficient (Wildman–Crippen LogP) is 4.03. The van der Waals surface area contributed by atoms with E-state index in [-0.39, 0.29) is 11.9 Å². The van der Waals surface area contributed by atoms with Gasteiger partial charge >= 0.3 is 6.03 Å². The lowest BCUT2D eigenvalue weighted by Crippen LogP contribution is -2.35. The van der Waals surface area contributed by atoms with Gasteiger partial charge in [-0.1, -0.05) is 30.3 Å². The van der Waals surface area contributed by atoms with Gasteiger partial charge in [0.1, 0.15) is 0 Å². The minimum atomic E-state index is -0.162. The Hall–Kier alpha value is -3.08. The molecule has 1 saturated heterocycles. The second-order valence-corrected chi connectivity index (χ2v) is 6.95. The number of piperidine rings is 1. The molecule has 1 aliphatic rings. The van der Waals surface area contributed by atoms with Crippen molar-refractivity contribution < 1.29 is 9.59 Å². The number of likely N-dealkylation sites (tertiary alicyclic amines) is 1. The fraction of sp³-hybridized carbons (Fsp3) is 0.273. The molecule has 0 radical (unpaired) electrons. The van der Waals surface area contributed by atoms with Gasteiger partial charge in [0, 0.05) is 36.8 Å². The third kappa shape index (κ3) is 3.72. The average molecular weight is 361 g/mol. The molecule has 0 bridgehead atoms. The molecule has 138 valence electrons. The first-order chi connectivity index (χ1) is 13.2.